The first kappa shape index (κ1) is 12.1. The van der Waals surface area contributed by atoms with Gasteiger partial charge in [-0.1, -0.05) is 18.5 Å². The topological polar surface area (TPSA) is 37.3 Å². The summed E-state index contributed by atoms with van der Waals surface area (Å²) in [6, 6.07) is 3.40. The van der Waals surface area contributed by atoms with E-state index in [1.165, 1.54) is 11.3 Å². The van der Waals surface area contributed by atoms with Crippen molar-refractivity contribution in [3.05, 3.63) is 21.3 Å². The molecule has 16 heavy (non-hydrogen) atoms. The van der Waals surface area contributed by atoms with Crippen LogP contribution in [0.25, 0.3) is 0 Å². The molecule has 1 aromatic heterocycles. The molecule has 0 saturated heterocycles. The van der Waals surface area contributed by atoms with Gasteiger partial charge in [0.2, 0.25) is 5.78 Å². The Balaban J connectivity index is 2.15. The fourth-order valence-electron chi connectivity index (χ4n) is 2.13. The van der Waals surface area contributed by atoms with E-state index < -0.39 is 5.60 Å². The Kier molecular flexibility index (Phi) is 3.38. The Morgan fingerprint density at radius 2 is 2.12 bits per heavy atom. The Hall–Kier alpha value is -0.380. The minimum atomic E-state index is -1.15. The van der Waals surface area contributed by atoms with Gasteiger partial charge in [0.1, 0.15) is 5.60 Å². The molecule has 0 bridgehead atoms. The molecule has 1 aromatic rings. The largest absolute Gasteiger partial charge is 0.382 e. The van der Waals surface area contributed by atoms with Crippen molar-refractivity contribution >= 4 is 28.7 Å². The zero-order chi connectivity index (χ0) is 11.8. The van der Waals surface area contributed by atoms with Crippen LogP contribution in [0.5, 0.6) is 0 Å². The fourth-order valence-corrected chi connectivity index (χ4v) is 3.21. The third-order valence-electron chi connectivity index (χ3n) is 3.32. The number of aliphatic hydroxyl groups is 1. The van der Waals surface area contributed by atoms with E-state index in [0.717, 1.165) is 12.8 Å². The van der Waals surface area contributed by atoms with Crippen LogP contribution < -0.4 is 0 Å². The zero-order valence-corrected chi connectivity index (χ0v) is 10.8. The van der Waals surface area contributed by atoms with E-state index in [0.29, 0.717) is 28.0 Å². The van der Waals surface area contributed by atoms with Crippen molar-refractivity contribution in [2.75, 3.05) is 0 Å². The van der Waals surface area contributed by atoms with Gasteiger partial charge in [0.05, 0.1) is 9.21 Å². The van der Waals surface area contributed by atoms with Crippen molar-refractivity contribution in [3.63, 3.8) is 0 Å². The summed E-state index contributed by atoms with van der Waals surface area (Å²) < 4.78 is 0.594. The molecule has 0 aliphatic heterocycles. The number of thiophene rings is 1. The smallest absolute Gasteiger partial charge is 0.204 e. The lowest BCUT2D eigenvalue weighted by atomic mass is 9.77. The molecule has 0 atom stereocenters. The van der Waals surface area contributed by atoms with E-state index >= 15 is 0 Å². The molecular formula is C12H15ClO2S. The van der Waals surface area contributed by atoms with Crippen molar-refractivity contribution in [3.8, 4) is 0 Å². The number of ketones is 1. The van der Waals surface area contributed by atoms with Crippen molar-refractivity contribution in [1.29, 1.82) is 0 Å². The molecule has 0 amide bonds. The average Bonchev–Trinajstić information content (AvgIpc) is 2.68. The zero-order valence-electron chi connectivity index (χ0n) is 9.20. The lowest BCUT2D eigenvalue weighted by molar-refractivity contribution is 0.00463. The minimum Gasteiger partial charge on any atom is -0.382 e. The van der Waals surface area contributed by atoms with E-state index in [1.807, 2.05) is 0 Å². The van der Waals surface area contributed by atoms with Crippen LogP contribution in [0, 0.1) is 5.92 Å². The lowest BCUT2D eigenvalue weighted by Crippen LogP contribution is -2.41. The predicted octanol–water partition coefficient (Wildman–Crippen LogP) is 3.53. The molecule has 0 radical (unpaired) electrons. The highest BCUT2D eigenvalue weighted by atomic mass is 35.5. The Bertz CT molecular complexity index is 391. The van der Waals surface area contributed by atoms with Crippen LogP contribution in [-0.2, 0) is 0 Å². The monoisotopic (exact) mass is 258 g/mol. The molecule has 0 unspecified atom stereocenters. The second-order valence-electron chi connectivity index (χ2n) is 4.65. The van der Waals surface area contributed by atoms with Crippen LogP contribution in [0.2, 0.25) is 4.34 Å². The van der Waals surface area contributed by atoms with Gasteiger partial charge in [-0.3, -0.25) is 4.79 Å². The van der Waals surface area contributed by atoms with Crippen LogP contribution in [0.3, 0.4) is 0 Å². The van der Waals surface area contributed by atoms with E-state index in [2.05, 4.69) is 6.92 Å². The average molecular weight is 259 g/mol. The molecule has 1 N–H and O–H groups in total. The molecular weight excluding hydrogens is 244 g/mol. The quantitative estimate of drug-likeness (QED) is 0.824. The number of Topliss-reactive ketones (excluding diaryl/α,β-unsaturated/α-hetero) is 1. The second kappa shape index (κ2) is 4.47. The van der Waals surface area contributed by atoms with E-state index in [4.69, 9.17) is 11.6 Å². The predicted molar refractivity (Wildman–Crippen MR) is 66.2 cm³/mol. The van der Waals surface area contributed by atoms with Gasteiger partial charge < -0.3 is 5.11 Å². The van der Waals surface area contributed by atoms with Crippen molar-refractivity contribution < 1.29 is 9.90 Å². The maximum Gasteiger partial charge on any atom is 0.204 e. The molecule has 4 heteroatoms. The van der Waals surface area contributed by atoms with Crippen LogP contribution >= 0.6 is 22.9 Å². The van der Waals surface area contributed by atoms with E-state index in [9.17, 15) is 9.90 Å². The molecule has 2 nitrogen and oxygen atoms in total. The minimum absolute atomic E-state index is 0.156. The maximum atomic E-state index is 12.1. The normalized spacial score (nSPS) is 30.3. The SMILES string of the molecule is CC1CCC(O)(C(=O)c2ccc(Cl)s2)CC1. The molecule has 1 aliphatic carbocycles. The number of rotatable bonds is 2. The molecule has 1 saturated carbocycles. The highest BCUT2D eigenvalue weighted by Gasteiger charge is 2.39. The number of halogens is 1. The molecule has 1 aliphatic rings. The number of carbonyl (C=O) groups is 1. The maximum absolute atomic E-state index is 12.1. The molecule has 2 rings (SSSR count). The summed E-state index contributed by atoms with van der Waals surface area (Å²) in [6.45, 7) is 2.16. The Labute approximate surface area is 104 Å². The summed E-state index contributed by atoms with van der Waals surface area (Å²) >= 11 is 7.04. The summed E-state index contributed by atoms with van der Waals surface area (Å²) in [7, 11) is 0. The second-order valence-corrected chi connectivity index (χ2v) is 6.36. The first-order chi connectivity index (χ1) is 7.51. The van der Waals surface area contributed by atoms with Gasteiger partial charge in [0, 0.05) is 0 Å². The van der Waals surface area contributed by atoms with Crippen LogP contribution in [0.1, 0.15) is 42.3 Å². The van der Waals surface area contributed by atoms with Gasteiger partial charge >= 0.3 is 0 Å². The van der Waals surface area contributed by atoms with E-state index in [-0.39, 0.29) is 5.78 Å². The molecule has 1 heterocycles. The van der Waals surface area contributed by atoms with Crippen LogP contribution in [0.15, 0.2) is 12.1 Å². The first-order valence-corrected chi connectivity index (χ1v) is 6.73. The summed E-state index contributed by atoms with van der Waals surface area (Å²) in [4.78, 5) is 12.7. The van der Waals surface area contributed by atoms with Gasteiger partial charge in [-0.15, -0.1) is 11.3 Å². The summed E-state index contributed by atoms with van der Waals surface area (Å²) in [6.07, 6.45) is 2.98. The van der Waals surface area contributed by atoms with Crippen molar-refractivity contribution in [1.82, 2.24) is 0 Å². The van der Waals surface area contributed by atoms with Gasteiger partial charge in [-0.2, -0.15) is 0 Å². The summed E-state index contributed by atoms with van der Waals surface area (Å²) in [5.41, 5.74) is -1.15. The van der Waals surface area contributed by atoms with Gasteiger partial charge in [-0.05, 0) is 43.7 Å². The standard InChI is InChI=1S/C12H15ClO2S/c1-8-4-6-12(15,7-5-8)11(14)9-2-3-10(13)16-9/h2-3,8,15H,4-7H2,1H3. The molecule has 0 spiro atoms. The van der Waals surface area contributed by atoms with Crippen molar-refractivity contribution in [2.24, 2.45) is 5.92 Å². The third kappa shape index (κ3) is 2.31. The molecule has 0 aromatic carbocycles. The molecule has 1 fully saturated rings. The van der Waals surface area contributed by atoms with Crippen molar-refractivity contribution in [2.45, 2.75) is 38.2 Å². The van der Waals surface area contributed by atoms with E-state index in [1.54, 1.807) is 12.1 Å². The van der Waals surface area contributed by atoms with Gasteiger partial charge in [0.25, 0.3) is 0 Å². The lowest BCUT2D eigenvalue weighted by Gasteiger charge is -2.33. The number of hydrogen-bond donors (Lipinski definition) is 1. The summed E-state index contributed by atoms with van der Waals surface area (Å²) in [5, 5.41) is 10.3. The number of hydrogen-bond acceptors (Lipinski definition) is 3. The highest BCUT2D eigenvalue weighted by molar-refractivity contribution is 7.18. The van der Waals surface area contributed by atoms with Gasteiger partial charge in [0.15, 0.2) is 0 Å². The third-order valence-corrected chi connectivity index (χ3v) is 4.55. The number of carbonyl (C=O) groups excluding carboxylic acids is 1. The van der Waals surface area contributed by atoms with Crippen LogP contribution in [-0.4, -0.2) is 16.5 Å². The summed E-state index contributed by atoms with van der Waals surface area (Å²) in [5.74, 6) is 0.455. The first-order valence-electron chi connectivity index (χ1n) is 5.54. The highest BCUT2D eigenvalue weighted by Crippen LogP contribution is 2.36. The van der Waals surface area contributed by atoms with Gasteiger partial charge in [-0.25, -0.2) is 0 Å². The molecule has 88 valence electrons. The Morgan fingerprint density at radius 1 is 1.50 bits per heavy atom. The fraction of sp³-hybridized carbons (Fsp3) is 0.583. The van der Waals surface area contributed by atoms with Crippen LogP contribution in [0.4, 0.5) is 0 Å². The Morgan fingerprint density at radius 3 is 2.62 bits per heavy atom.